The molecule has 0 bridgehead atoms. The molecule has 0 saturated heterocycles. The van der Waals surface area contributed by atoms with E-state index in [4.69, 9.17) is 32.3 Å². The molecular weight excluding hydrogens is 393 g/mol. The molecule has 4 N–H and O–H groups in total. The van der Waals surface area contributed by atoms with Gasteiger partial charge in [-0.1, -0.05) is 11.6 Å². The van der Waals surface area contributed by atoms with Crippen molar-refractivity contribution in [1.29, 1.82) is 0 Å². The van der Waals surface area contributed by atoms with E-state index in [0.717, 1.165) is 0 Å². The molecule has 0 aliphatic heterocycles. The lowest BCUT2D eigenvalue weighted by atomic mass is 10.1. The van der Waals surface area contributed by atoms with Crippen LogP contribution in [0.25, 0.3) is 6.08 Å². The van der Waals surface area contributed by atoms with Crippen LogP contribution < -0.4 is 10.5 Å². The minimum absolute atomic E-state index is 0.0157. The first-order chi connectivity index (χ1) is 11.8. The molecule has 0 atom stereocenters. The number of hydrogen-bond donors (Lipinski definition) is 3. The number of hydrogen-bond acceptors (Lipinski definition) is 4. The Morgan fingerprint density at radius 2 is 1.81 bits per heavy atom. The molecule has 26 heavy (non-hydrogen) atoms. The summed E-state index contributed by atoms with van der Waals surface area (Å²) < 4.78 is 60.3. The lowest BCUT2D eigenvalue weighted by molar-refractivity contribution is -0.192. The van der Waals surface area contributed by atoms with E-state index >= 15 is 0 Å². The summed E-state index contributed by atoms with van der Waals surface area (Å²) in [5.41, 5.74) is 6.10. The number of carboxylic acid groups (broad SMARTS) is 2. The molecule has 0 aliphatic carbocycles. The molecule has 146 valence electrons. The van der Waals surface area contributed by atoms with Gasteiger partial charge < -0.3 is 20.7 Å². The molecule has 0 aromatic heterocycles. The lowest BCUT2D eigenvalue weighted by Crippen LogP contribution is -2.21. The van der Waals surface area contributed by atoms with E-state index in [-0.39, 0.29) is 22.9 Å². The summed E-state index contributed by atoms with van der Waals surface area (Å²) >= 11 is 5.82. The van der Waals surface area contributed by atoms with E-state index in [9.17, 15) is 26.7 Å². The van der Waals surface area contributed by atoms with Crippen LogP contribution in [0.1, 0.15) is 11.1 Å². The van der Waals surface area contributed by atoms with Gasteiger partial charge in [-0.2, -0.15) is 22.0 Å². The minimum atomic E-state index is -5.08. The Morgan fingerprint density at radius 3 is 2.12 bits per heavy atom. The SMILES string of the molecule is Cc1cc(/C=C(/CN)C(=O)O)cc(Cl)c1OC(F)F.O=C(O)C(F)(F)F. The quantitative estimate of drug-likeness (QED) is 0.512. The molecule has 1 rings (SSSR count). The molecule has 0 aliphatic rings. The number of benzene rings is 1. The number of ether oxygens (including phenoxy) is 1. The lowest BCUT2D eigenvalue weighted by Gasteiger charge is -2.11. The first kappa shape index (κ1) is 23.6. The van der Waals surface area contributed by atoms with Crippen molar-refractivity contribution in [3.8, 4) is 5.75 Å². The van der Waals surface area contributed by atoms with Crippen molar-refractivity contribution in [3.63, 3.8) is 0 Å². The second kappa shape index (κ2) is 9.92. The highest BCUT2D eigenvalue weighted by molar-refractivity contribution is 6.32. The van der Waals surface area contributed by atoms with Crippen LogP contribution in [-0.4, -0.2) is 41.5 Å². The largest absolute Gasteiger partial charge is 0.490 e. The molecule has 0 amide bonds. The van der Waals surface area contributed by atoms with E-state index < -0.39 is 24.7 Å². The first-order valence-electron chi connectivity index (χ1n) is 6.48. The topological polar surface area (TPSA) is 110 Å². The van der Waals surface area contributed by atoms with Crippen molar-refractivity contribution < 1.29 is 46.5 Å². The van der Waals surface area contributed by atoms with Crippen molar-refractivity contribution in [3.05, 3.63) is 33.9 Å². The van der Waals surface area contributed by atoms with Crippen LogP contribution in [0.5, 0.6) is 5.75 Å². The van der Waals surface area contributed by atoms with Crippen molar-refractivity contribution in [2.45, 2.75) is 19.7 Å². The fraction of sp³-hybridized carbons (Fsp3) is 0.286. The molecule has 1 aromatic carbocycles. The van der Waals surface area contributed by atoms with Crippen LogP contribution in [0.4, 0.5) is 22.0 Å². The van der Waals surface area contributed by atoms with E-state index in [1.807, 2.05) is 0 Å². The van der Waals surface area contributed by atoms with Crippen molar-refractivity contribution in [1.82, 2.24) is 0 Å². The molecule has 6 nitrogen and oxygen atoms in total. The zero-order valence-corrected chi connectivity index (χ0v) is 13.7. The summed E-state index contributed by atoms with van der Waals surface area (Å²) in [5.74, 6) is -4.03. The molecular formula is C14H13ClF5NO5. The first-order valence-corrected chi connectivity index (χ1v) is 6.86. The predicted molar refractivity (Wildman–Crippen MR) is 81.2 cm³/mol. The standard InChI is InChI=1S/C12H12ClF2NO3.C2HF3O2/c1-6-2-7(3-8(5-16)11(17)18)4-9(13)10(6)19-12(14)15;3-2(4,5)1(6)7/h2-4,12H,5,16H2,1H3,(H,17,18);(H,6,7)/b8-3-;. The van der Waals surface area contributed by atoms with E-state index in [0.29, 0.717) is 11.1 Å². The summed E-state index contributed by atoms with van der Waals surface area (Å²) in [6.45, 7) is -1.60. The number of halogens is 6. The van der Waals surface area contributed by atoms with Crippen molar-refractivity contribution in [2.24, 2.45) is 5.73 Å². The summed E-state index contributed by atoms with van der Waals surface area (Å²) in [6.07, 6.45) is -3.76. The highest BCUT2D eigenvalue weighted by Crippen LogP contribution is 2.32. The van der Waals surface area contributed by atoms with Gasteiger partial charge in [0.05, 0.1) is 10.6 Å². The third-order valence-corrected chi connectivity index (χ3v) is 2.82. The van der Waals surface area contributed by atoms with Gasteiger partial charge in [0.2, 0.25) is 0 Å². The Kier molecular flexibility index (Phi) is 9.01. The number of carbonyl (C=O) groups is 2. The van der Waals surface area contributed by atoms with Crippen LogP contribution in [-0.2, 0) is 9.59 Å². The maximum Gasteiger partial charge on any atom is 0.490 e. The maximum absolute atomic E-state index is 12.2. The van der Waals surface area contributed by atoms with Crippen molar-refractivity contribution in [2.75, 3.05) is 6.54 Å². The molecule has 1 aromatic rings. The molecule has 0 saturated carbocycles. The second-order valence-corrected chi connectivity index (χ2v) is 4.92. The van der Waals surface area contributed by atoms with Crippen LogP contribution in [0.3, 0.4) is 0 Å². The monoisotopic (exact) mass is 405 g/mol. The Morgan fingerprint density at radius 1 is 1.31 bits per heavy atom. The summed E-state index contributed by atoms with van der Waals surface area (Å²) in [7, 11) is 0. The molecule has 0 spiro atoms. The zero-order valence-electron chi connectivity index (χ0n) is 13.0. The number of carboxylic acids is 2. The van der Waals surface area contributed by atoms with E-state index in [2.05, 4.69) is 4.74 Å². The highest BCUT2D eigenvalue weighted by Gasteiger charge is 2.38. The average molecular weight is 406 g/mol. The van der Waals surface area contributed by atoms with Gasteiger partial charge in [0, 0.05) is 6.54 Å². The minimum Gasteiger partial charge on any atom is -0.478 e. The van der Waals surface area contributed by atoms with E-state index in [1.165, 1.54) is 25.1 Å². The van der Waals surface area contributed by atoms with Gasteiger partial charge in [-0.3, -0.25) is 0 Å². The van der Waals surface area contributed by atoms with Crippen LogP contribution in [0.2, 0.25) is 5.02 Å². The number of nitrogens with two attached hydrogens (primary N) is 1. The summed E-state index contributed by atoms with van der Waals surface area (Å²) in [6, 6.07) is 2.83. The fourth-order valence-corrected chi connectivity index (χ4v) is 1.81. The summed E-state index contributed by atoms with van der Waals surface area (Å²) in [5, 5.41) is 15.9. The predicted octanol–water partition coefficient (Wildman–Crippen LogP) is 3.31. The number of alkyl halides is 5. The number of aryl methyl sites for hydroxylation is 1. The molecule has 12 heteroatoms. The third kappa shape index (κ3) is 8.12. The Balaban J connectivity index is 0.000000758. The van der Waals surface area contributed by atoms with Gasteiger partial charge in [0.25, 0.3) is 0 Å². The van der Waals surface area contributed by atoms with Crippen LogP contribution >= 0.6 is 11.6 Å². The molecule has 0 unspecified atom stereocenters. The van der Waals surface area contributed by atoms with E-state index in [1.54, 1.807) is 0 Å². The maximum atomic E-state index is 12.2. The molecule has 0 fully saturated rings. The van der Waals surface area contributed by atoms with Crippen LogP contribution in [0.15, 0.2) is 17.7 Å². The number of rotatable bonds is 5. The smallest absolute Gasteiger partial charge is 0.478 e. The second-order valence-electron chi connectivity index (χ2n) is 4.51. The normalized spacial score (nSPS) is 11.7. The van der Waals surface area contributed by atoms with Gasteiger partial charge in [-0.05, 0) is 36.3 Å². The number of aliphatic carboxylic acids is 2. The molecule has 0 heterocycles. The Labute approximate surface area is 148 Å². The fourth-order valence-electron chi connectivity index (χ4n) is 1.49. The molecule has 0 radical (unpaired) electrons. The van der Waals surface area contributed by atoms with Gasteiger partial charge in [-0.25, -0.2) is 9.59 Å². The third-order valence-electron chi connectivity index (χ3n) is 2.54. The van der Waals surface area contributed by atoms with Crippen LogP contribution in [0, 0.1) is 6.92 Å². The Bertz CT molecular complexity index is 668. The Hall–Kier alpha value is -2.40. The average Bonchev–Trinajstić information content (AvgIpc) is 2.47. The summed E-state index contributed by atoms with van der Waals surface area (Å²) in [4.78, 5) is 19.7. The van der Waals surface area contributed by atoms with Gasteiger partial charge in [0.15, 0.2) is 0 Å². The van der Waals surface area contributed by atoms with Gasteiger partial charge >= 0.3 is 24.7 Å². The zero-order chi connectivity index (χ0) is 20.7. The van der Waals surface area contributed by atoms with Crippen molar-refractivity contribution >= 4 is 29.6 Å². The highest BCUT2D eigenvalue weighted by atomic mass is 35.5. The van der Waals surface area contributed by atoms with Gasteiger partial charge in [0.1, 0.15) is 5.75 Å². The van der Waals surface area contributed by atoms with Gasteiger partial charge in [-0.15, -0.1) is 0 Å².